The van der Waals surface area contributed by atoms with Crippen molar-refractivity contribution >= 4 is 5.91 Å². The van der Waals surface area contributed by atoms with E-state index in [4.69, 9.17) is 14.8 Å². The Morgan fingerprint density at radius 1 is 1.08 bits per heavy atom. The van der Waals surface area contributed by atoms with Gasteiger partial charge in [0.25, 0.3) is 5.91 Å². The fourth-order valence-corrected chi connectivity index (χ4v) is 2.06. The van der Waals surface area contributed by atoms with E-state index in [0.29, 0.717) is 11.3 Å². The second kappa shape index (κ2) is 8.14. The minimum atomic E-state index is -0.685. The number of nitrogens with one attached hydrogen (secondary N) is 1. The Hall–Kier alpha value is -2.84. The molecule has 0 saturated carbocycles. The molecule has 0 bridgehead atoms. The van der Waals surface area contributed by atoms with Crippen LogP contribution in [0.5, 0.6) is 5.75 Å². The lowest BCUT2D eigenvalue weighted by Gasteiger charge is -2.23. The molecule has 0 fully saturated rings. The molecule has 5 heteroatoms. The molecule has 0 radical (unpaired) electrons. The van der Waals surface area contributed by atoms with Gasteiger partial charge in [-0.2, -0.15) is 5.26 Å². The van der Waals surface area contributed by atoms with Crippen LogP contribution >= 0.6 is 0 Å². The van der Waals surface area contributed by atoms with Crippen LogP contribution in [0, 0.1) is 11.3 Å². The molecule has 1 amide bonds. The van der Waals surface area contributed by atoms with Gasteiger partial charge < -0.3 is 4.74 Å². The quantitative estimate of drug-likeness (QED) is 0.628. The third kappa shape index (κ3) is 4.58. The van der Waals surface area contributed by atoms with Gasteiger partial charge in [-0.05, 0) is 43.7 Å². The fourth-order valence-electron chi connectivity index (χ4n) is 2.06. The minimum Gasteiger partial charge on any atom is -0.491 e. The molecular weight excluding hydrogens is 304 g/mol. The number of hydrogen-bond donors (Lipinski definition) is 1. The third-order valence-electron chi connectivity index (χ3n) is 3.67. The normalized spacial score (nSPS) is 10.7. The van der Waals surface area contributed by atoms with Gasteiger partial charge in [-0.1, -0.05) is 30.3 Å². The highest BCUT2D eigenvalue weighted by atomic mass is 16.7. The van der Waals surface area contributed by atoms with Crippen molar-refractivity contribution < 1.29 is 14.4 Å². The summed E-state index contributed by atoms with van der Waals surface area (Å²) in [6.45, 7) is 4.19. The SMILES string of the molecule is CC(C)(C(=O)NOCCOc1ccc(C#N)cc1)c1ccccc1. The van der Waals surface area contributed by atoms with Crippen molar-refractivity contribution in [3.8, 4) is 11.8 Å². The topological polar surface area (TPSA) is 71.3 Å². The molecule has 0 atom stereocenters. The Balaban J connectivity index is 1.73. The molecular formula is C19H20N2O3. The molecule has 2 aromatic carbocycles. The number of rotatable bonds is 7. The number of nitrogens with zero attached hydrogens (tertiary/aromatic N) is 1. The van der Waals surface area contributed by atoms with Crippen LogP contribution in [-0.4, -0.2) is 19.1 Å². The molecule has 0 aliphatic carbocycles. The molecule has 2 rings (SSSR count). The van der Waals surface area contributed by atoms with Crippen molar-refractivity contribution in [3.63, 3.8) is 0 Å². The van der Waals surface area contributed by atoms with Gasteiger partial charge in [0.15, 0.2) is 0 Å². The Bertz CT molecular complexity index is 704. The predicted octanol–water partition coefficient (Wildman–Crippen LogP) is 2.96. The lowest BCUT2D eigenvalue weighted by molar-refractivity contribution is -0.139. The van der Waals surface area contributed by atoms with Crippen LogP contribution in [0.2, 0.25) is 0 Å². The number of carbonyl (C=O) groups is 1. The predicted molar refractivity (Wildman–Crippen MR) is 90.2 cm³/mol. The van der Waals surface area contributed by atoms with Crippen molar-refractivity contribution in [2.45, 2.75) is 19.3 Å². The van der Waals surface area contributed by atoms with E-state index in [2.05, 4.69) is 5.48 Å². The molecule has 24 heavy (non-hydrogen) atoms. The molecule has 5 nitrogen and oxygen atoms in total. The highest BCUT2D eigenvalue weighted by molar-refractivity contribution is 5.86. The molecule has 0 aliphatic heterocycles. The van der Waals surface area contributed by atoms with Crippen molar-refractivity contribution in [1.29, 1.82) is 5.26 Å². The van der Waals surface area contributed by atoms with Gasteiger partial charge >= 0.3 is 0 Å². The number of benzene rings is 2. The van der Waals surface area contributed by atoms with Crippen LogP contribution in [0.4, 0.5) is 0 Å². The molecule has 1 N–H and O–H groups in total. The molecule has 124 valence electrons. The van der Waals surface area contributed by atoms with Crippen LogP contribution in [0.3, 0.4) is 0 Å². The second-order valence-corrected chi connectivity index (χ2v) is 5.76. The van der Waals surface area contributed by atoms with E-state index in [0.717, 1.165) is 5.56 Å². The van der Waals surface area contributed by atoms with Crippen LogP contribution in [0.15, 0.2) is 54.6 Å². The summed E-state index contributed by atoms with van der Waals surface area (Å²) in [5, 5.41) is 8.72. The molecule has 0 saturated heterocycles. The lowest BCUT2D eigenvalue weighted by atomic mass is 9.84. The van der Waals surface area contributed by atoms with Crippen molar-refractivity contribution in [2.75, 3.05) is 13.2 Å². The largest absolute Gasteiger partial charge is 0.491 e. The summed E-state index contributed by atoms with van der Waals surface area (Å²) in [6, 6.07) is 18.4. The lowest BCUT2D eigenvalue weighted by Crippen LogP contribution is -2.40. The molecule has 0 aromatic heterocycles. The summed E-state index contributed by atoms with van der Waals surface area (Å²) in [6.07, 6.45) is 0. The molecule has 0 aliphatic rings. The van der Waals surface area contributed by atoms with Crippen LogP contribution in [-0.2, 0) is 15.0 Å². The van der Waals surface area contributed by atoms with Crippen molar-refractivity contribution in [1.82, 2.24) is 5.48 Å². The van der Waals surface area contributed by atoms with Gasteiger partial charge in [0.05, 0.1) is 17.0 Å². The highest BCUT2D eigenvalue weighted by Gasteiger charge is 2.29. The summed E-state index contributed by atoms with van der Waals surface area (Å²) >= 11 is 0. The maximum absolute atomic E-state index is 12.3. The smallest absolute Gasteiger partial charge is 0.253 e. The first-order chi connectivity index (χ1) is 11.5. The number of nitriles is 1. The van der Waals surface area contributed by atoms with Crippen LogP contribution < -0.4 is 10.2 Å². The Morgan fingerprint density at radius 2 is 1.75 bits per heavy atom. The number of hydroxylamine groups is 1. The zero-order chi connectivity index (χ0) is 17.4. The van der Waals surface area contributed by atoms with E-state index in [1.54, 1.807) is 24.3 Å². The number of ether oxygens (including phenoxy) is 1. The highest BCUT2D eigenvalue weighted by Crippen LogP contribution is 2.22. The van der Waals surface area contributed by atoms with Crippen molar-refractivity contribution in [3.05, 3.63) is 65.7 Å². The van der Waals surface area contributed by atoms with Gasteiger partial charge in [0.1, 0.15) is 19.0 Å². The minimum absolute atomic E-state index is 0.216. The van der Waals surface area contributed by atoms with Crippen LogP contribution in [0.25, 0.3) is 0 Å². The third-order valence-corrected chi connectivity index (χ3v) is 3.67. The number of hydrogen-bond acceptors (Lipinski definition) is 4. The standard InChI is InChI=1S/C19H20N2O3/c1-19(2,16-6-4-3-5-7-16)18(22)21-24-13-12-23-17-10-8-15(14-20)9-11-17/h3-11H,12-13H2,1-2H3,(H,21,22). The van der Waals surface area contributed by atoms with Gasteiger partial charge in [-0.15, -0.1) is 0 Å². The van der Waals surface area contributed by atoms with E-state index in [9.17, 15) is 4.79 Å². The van der Waals surface area contributed by atoms with Crippen LogP contribution in [0.1, 0.15) is 25.0 Å². The zero-order valence-corrected chi connectivity index (χ0v) is 13.8. The van der Waals surface area contributed by atoms with E-state index in [-0.39, 0.29) is 19.1 Å². The van der Waals surface area contributed by atoms with E-state index < -0.39 is 5.41 Å². The molecule has 0 heterocycles. The number of amides is 1. The summed E-state index contributed by atoms with van der Waals surface area (Å²) < 4.78 is 5.47. The fraction of sp³-hybridized carbons (Fsp3) is 0.263. The van der Waals surface area contributed by atoms with Gasteiger partial charge in [0.2, 0.25) is 0 Å². The summed E-state index contributed by atoms with van der Waals surface area (Å²) in [4.78, 5) is 17.5. The zero-order valence-electron chi connectivity index (χ0n) is 13.8. The van der Waals surface area contributed by atoms with E-state index in [1.807, 2.05) is 50.2 Å². The maximum Gasteiger partial charge on any atom is 0.253 e. The van der Waals surface area contributed by atoms with Crippen molar-refractivity contribution in [2.24, 2.45) is 0 Å². The van der Waals surface area contributed by atoms with Gasteiger partial charge in [0, 0.05) is 0 Å². The molecule has 0 unspecified atom stereocenters. The molecule has 0 spiro atoms. The summed E-state index contributed by atoms with van der Waals surface area (Å²) in [5.41, 5.74) is 3.27. The van der Waals surface area contributed by atoms with Gasteiger partial charge in [-0.3, -0.25) is 9.63 Å². The average Bonchev–Trinajstić information content (AvgIpc) is 2.62. The van der Waals surface area contributed by atoms with E-state index in [1.165, 1.54) is 0 Å². The van der Waals surface area contributed by atoms with E-state index >= 15 is 0 Å². The summed E-state index contributed by atoms with van der Waals surface area (Å²) in [7, 11) is 0. The molecule has 2 aromatic rings. The van der Waals surface area contributed by atoms with Gasteiger partial charge in [-0.25, -0.2) is 5.48 Å². The average molecular weight is 324 g/mol. The Kier molecular flexibility index (Phi) is 5.94. The summed E-state index contributed by atoms with van der Waals surface area (Å²) in [5.74, 6) is 0.431. The number of carbonyl (C=O) groups excluding carboxylic acids is 1. The second-order valence-electron chi connectivity index (χ2n) is 5.76. The monoisotopic (exact) mass is 324 g/mol. The first kappa shape index (κ1) is 17.5. The Labute approximate surface area is 141 Å². The Morgan fingerprint density at radius 3 is 2.38 bits per heavy atom. The first-order valence-corrected chi connectivity index (χ1v) is 7.65. The maximum atomic E-state index is 12.3. The first-order valence-electron chi connectivity index (χ1n) is 7.65.